The third-order valence-corrected chi connectivity index (χ3v) is 3.72. The van der Waals surface area contributed by atoms with Crippen molar-refractivity contribution in [2.75, 3.05) is 0 Å². The molecule has 0 fully saturated rings. The summed E-state index contributed by atoms with van der Waals surface area (Å²) in [5.41, 5.74) is 0. The summed E-state index contributed by atoms with van der Waals surface area (Å²) < 4.78 is 6.04. The molecule has 0 N–H and O–H groups in total. The van der Waals surface area contributed by atoms with Crippen LogP contribution in [0.1, 0.15) is 0 Å². The van der Waals surface area contributed by atoms with Crippen molar-refractivity contribution in [1.29, 1.82) is 0 Å². The van der Waals surface area contributed by atoms with Crippen LogP contribution in [0.15, 0.2) is 84.9 Å². The van der Waals surface area contributed by atoms with E-state index in [4.69, 9.17) is 4.74 Å². The Hall–Kier alpha value is -2.80. The van der Waals surface area contributed by atoms with Crippen LogP contribution >= 0.6 is 0 Å². The lowest BCUT2D eigenvalue weighted by atomic mass is 10.0. The maximum atomic E-state index is 6.04. The van der Waals surface area contributed by atoms with Crippen LogP contribution in [0.4, 0.5) is 0 Å². The average molecular weight is 270 g/mol. The van der Waals surface area contributed by atoms with E-state index in [1.807, 2.05) is 42.5 Å². The van der Waals surface area contributed by atoms with E-state index in [1.54, 1.807) is 0 Å². The van der Waals surface area contributed by atoms with E-state index in [9.17, 15) is 0 Å². The molecule has 4 aromatic carbocycles. The largest absolute Gasteiger partial charge is 0.457 e. The molecule has 0 heterocycles. The summed E-state index contributed by atoms with van der Waals surface area (Å²) in [5, 5.41) is 4.87. The molecule has 21 heavy (non-hydrogen) atoms. The predicted molar refractivity (Wildman–Crippen MR) is 88.0 cm³/mol. The number of hydrogen-bond acceptors (Lipinski definition) is 1. The van der Waals surface area contributed by atoms with Crippen molar-refractivity contribution < 1.29 is 4.74 Å². The summed E-state index contributed by atoms with van der Waals surface area (Å²) >= 11 is 0. The molecule has 0 atom stereocenters. The lowest BCUT2D eigenvalue weighted by molar-refractivity contribution is 0.488. The molecule has 0 aliphatic carbocycles. The molecule has 0 radical (unpaired) electrons. The molecule has 0 amide bonds. The van der Waals surface area contributed by atoms with Gasteiger partial charge in [-0.3, -0.25) is 0 Å². The molecule has 4 aromatic rings. The standard InChI is InChI=1S/C20H14O/c1-2-8-16(9-3-1)21-20-12-6-11-18-17-10-5-4-7-15(17)13-14-19(18)20/h1-14H. The van der Waals surface area contributed by atoms with Gasteiger partial charge in [-0.15, -0.1) is 0 Å². The van der Waals surface area contributed by atoms with E-state index >= 15 is 0 Å². The van der Waals surface area contributed by atoms with Gasteiger partial charge in [0.25, 0.3) is 0 Å². The van der Waals surface area contributed by atoms with Crippen molar-refractivity contribution in [3.63, 3.8) is 0 Å². The topological polar surface area (TPSA) is 9.23 Å². The zero-order chi connectivity index (χ0) is 14.1. The van der Waals surface area contributed by atoms with Crippen molar-refractivity contribution in [3.8, 4) is 11.5 Å². The highest BCUT2D eigenvalue weighted by atomic mass is 16.5. The van der Waals surface area contributed by atoms with Gasteiger partial charge in [0.1, 0.15) is 11.5 Å². The fourth-order valence-electron chi connectivity index (χ4n) is 2.72. The highest BCUT2D eigenvalue weighted by Gasteiger charge is 2.06. The first-order valence-corrected chi connectivity index (χ1v) is 7.05. The minimum Gasteiger partial charge on any atom is -0.457 e. The van der Waals surface area contributed by atoms with Gasteiger partial charge in [0, 0.05) is 5.39 Å². The summed E-state index contributed by atoms with van der Waals surface area (Å²) in [6, 6.07) is 28.8. The Balaban J connectivity index is 1.92. The van der Waals surface area contributed by atoms with Gasteiger partial charge < -0.3 is 4.74 Å². The second kappa shape index (κ2) is 4.95. The number of fused-ring (bicyclic) bond motifs is 3. The molecule has 0 saturated carbocycles. The number of para-hydroxylation sites is 1. The molecular formula is C20H14O. The minimum atomic E-state index is 0.859. The van der Waals surface area contributed by atoms with E-state index in [-0.39, 0.29) is 0 Å². The third kappa shape index (κ3) is 2.13. The Bertz CT molecular complexity index is 910. The lowest BCUT2D eigenvalue weighted by Gasteiger charge is -2.10. The fourth-order valence-corrected chi connectivity index (χ4v) is 2.72. The second-order valence-electron chi connectivity index (χ2n) is 5.05. The van der Waals surface area contributed by atoms with Crippen LogP contribution in [0.2, 0.25) is 0 Å². The van der Waals surface area contributed by atoms with E-state index in [0.29, 0.717) is 0 Å². The molecule has 0 unspecified atom stereocenters. The maximum absolute atomic E-state index is 6.04. The fraction of sp³-hybridized carbons (Fsp3) is 0. The van der Waals surface area contributed by atoms with Gasteiger partial charge >= 0.3 is 0 Å². The van der Waals surface area contributed by atoms with Crippen LogP contribution in [-0.2, 0) is 0 Å². The first kappa shape index (κ1) is 12.0. The number of benzene rings is 4. The molecule has 1 nitrogen and oxygen atoms in total. The Labute approximate surface area is 123 Å². The number of rotatable bonds is 2. The quantitative estimate of drug-likeness (QED) is 0.419. The lowest BCUT2D eigenvalue weighted by Crippen LogP contribution is -1.86. The van der Waals surface area contributed by atoms with E-state index < -0.39 is 0 Å². The molecule has 4 rings (SSSR count). The number of hydrogen-bond donors (Lipinski definition) is 0. The first-order chi connectivity index (χ1) is 10.4. The Morgan fingerprint density at radius 3 is 2.14 bits per heavy atom. The van der Waals surface area contributed by atoms with Gasteiger partial charge in [0.15, 0.2) is 0 Å². The monoisotopic (exact) mass is 270 g/mol. The molecular weight excluding hydrogens is 256 g/mol. The molecule has 0 bridgehead atoms. The molecule has 0 aliphatic heterocycles. The zero-order valence-corrected chi connectivity index (χ0v) is 11.5. The van der Waals surface area contributed by atoms with Crippen LogP contribution < -0.4 is 4.74 Å². The molecule has 0 aromatic heterocycles. The van der Waals surface area contributed by atoms with Gasteiger partial charge in [0.05, 0.1) is 0 Å². The van der Waals surface area contributed by atoms with E-state index in [2.05, 4.69) is 42.5 Å². The van der Waals surface area contributed by atoms with Crippen molar-refractivity contribution in [2.45, 2.75) is 0 Å². The summed E-state index contributed by atoms with van der Waals surface area (Å²) in [7, 11) is 0. The van der Waals surface area contributed by atoms with Crippen LogP contribution in [0.3, 0.4) is 0 Å². The number of ether oxygens (including phenoxy) is 1. The van der Waals surface area contributed by atoms with E-state index in [1.165, 1.54) is 16.2 Å². The van der Waals surface area contributed by atoms with Gasteiger partial charge in [-0.2, -0.15) is 0 Å². The van der Waals surface area contributed by atoms with Gasteiger partial charge in [-0.05, 0) is 40.4 Å². The molecule has 0 saturated heterocycles. The normalized spacial score (nSPS) is 10.9. The minimum absolute atomic E-state index is 0.859. The molecule has 0 spiro atoms. The van der Waals surface area contributed by atoms with Crippen molar-refractivity contribution in [1.82, 2.24) is 0 Å². The van der Waals surface area contributed by atoms with Crippen molar-refractivity contribution in [3.05, 3.63) is 84.9 Å². The maximum Gasteiger partial charge on any atom is 0.135 e. The van der Waals surface area contributed by atoms with Crippen molar-refractivity contribution >= 4 is 21.5 Å². The van der Waals surface area contributed by atoms with Crippen LogP contribution in [0, 0.1) is 0 Å². The van der Waals surface area contributed by atoms with Gasteiger partial charge in [-0.25, -0.2) is 0 Å². The Morgan fingerprint density at radius 2 is 1.24 bits per heavy atom. The van der Waals surface area contributed by atoms with Crippen LogP contribution in [-0.4, -0.2) is 0 Å². The third-order valence-electron chi connectivity index (χ3n) is 3.72. The Morgan fingerprint density at radius 1 is 0.476 bits per heavy atom. The average Bonchev–Trinajstić information content (AvgIpc) is 2.56. The molecule has 100 valence electrons. The van der Waals surface area contributed by atoms with Gasteiger partial charge in [0.2, 0.25) is 0 Å². The highest BCUT2D eigenvalue weighted by molar-refractivity contribution is 6.09. The van der Waals surface area contributed by atoms with Crippen molar-refractivity contribution in [2.24, 2.45) is 0 Å². The smallest absolute Gasteiger partial charge is 0.135 e. The molecule has 0 aliphatic rings. The van der Waals surface area contributed by atoms with Crippen LogP contribution in [0.5, 0.6) is 11.5 Å². The SMILES string of the molecule is c1ccc(Oc2cccc3c2ccc2ccccc23)cc1. The molecule has 1 heteroatoms. The zero-order valence-electron chi connectivity index (χ0n) is 11.5. The Kier molecular flexibility index (Phi) is 2.82. The van der Waals surface area contributed by atoms with E-state index in [0.717, 1.165) is 16.9 Å². The summed E-state index contributed by atoms with van der Waals surface area (Å²) in [6.07, 6.45) is 0. The summed E-state index contributed by atoms with van der Waals surface area (Å²) in [5.74, 6) is 1.75. The second-order valence-corrected chi connectivity index (χ2v) is 5.05. The predicted octanol–water partition coefficient (Wildman–Crippen LogP) is 5.79. The summed E-state index contributed by atoms with van der Waals surface area (Å²) in [4.78, 5) is 0. The van der Waals surface area contributed by atoms with Gasteiger partial charge in [-0.1, -0.05) is 60.7 Å². The first-order valence-electron chi connectivity index (χ1n) is 7.05. The summed E-state index contributed by atoms with van der Waals surface area (Å²) in [6.45, 7) is 0. The highest BCUT2D eigenvalue weighted by Crippen LogP contribution is 2.33. The van der Waals surface area contributed by atoms with Crippen LogP contribution in [0.25, 0.3) is 21.5 Å².